The third-order valence-corrected chi connectivity index (χ3v) is 6.17. The summed E-state index contributed by atoms with van der Waals surface area (Å²) in [6, 6.07) is 8.02. The maximum Gasteiger partial charge on any atom is 0.343 e. The number of aromatic hydroxyl groups is 1. The van der Waals surface area contributed by atoms with E-state index in [0.29, 0.717) is 24.2 Å². The van der Waals surface area contributed by atoms with Crippen LogP contribution in [0.5, 0.6) is 11.5 Å². The number of anilines is 1. The summed E-state index contributed by atoms with van der Waals surface area (Å²) in [5, 5.41) is 10.8. The minimum absolute atomic E-state index is 0.101. The quantitative estimate of drug-likeness (QED) is 0.781. The normalized spacial score (nSPS) is 18.5. The Morgan fingerprint density at radius 1 is 0.967 bits per heavy atom. The van der Waals surface area contributed by atoms with Gasteiger partial charge in [0, 0.05) is 44.8 Å². The SMILES string of the molecule is COc1ccccc1N1CCN(Cc2c(O)c(CN3CCCCC3)coc2=O)CC1. The van der Waals surface area contributed by atoms with Crippen molar-refractivity contribution in [3.63, 3.8) is 0 Å². The third-order valence-electron chi connectivity index (χ3n) is 6.17. The minimum Gasteiger partial charge on any atom is -0.507 e. The van der Waals surface area contributed by atoms with Gasteiger partial charge in [-0.05, 0) is 38.1 Å². The zero-order chi connectivity index (χ0) is 20.9. The van der Waals surface area contributed by atoms with Crippen molar-refractivity contribution in [2.24, 2.45) is 0 Å². The number of piperazine rings is 1. The second kappa shape index (κ2) is 9.53. The Hall–Kier alpha value is -2.51. The molecule has 0 saturated carbocycles. The first-order valence-electron chi connectivity index (χ1n) is 10.8. The molecule has 0 radical (unpaired) electrons. The molecule has 2 aromatic rings. The molecule has 162 valence electrons. The van der Waals surface area contributed by atoms with Crippen LogP contribution in [0.2, 0.25) is 0 Å². The van der Waals surface area contributed by atoms with E-state index < -0.39 is 5.63 Å². The first kappa shape index (κ1) is 20.8. The van der Waals surface area contributed by atoms with Gasteiger partial charge < -0.3 is 19.2 Å². The molecule has 1 aromatic carbocycles. The second-order valence-corrected chi connectivity index (χ2v) is 8.15. The number of ether oxygens (including phenoxy) is 1. The second-order valence-electron chi connectivity index (χ2n) is 8.15. The lowest BCUT2D eigenvalue weighted by molar-refractivity contribution is 0.213. The van der Waals surface area contributed by atoms with Gasteiger partial charge in [-0.3, -0.25) is 9.80 Å². The van der Waals surface area contributed by atoms with E-state index in [2.05, 4.69) is 20.8 Å². The van der Waals surface area contributed by atoms with Crippen molar-refractivity contribution in [3.8, 4) is 11.5 Å². The summed E-state index contributed by atoms with van der Waals surface area (Å²) in [5.41, 5.74) is 1.72. The lowest BCUT2D eigenvalue weighted by atomic mass is 10.1. The van der Waals surface area contributed by atoms with Gasteiger partial charge in [-0.15, -0.1) is 0 Å². The Labute approximate surface area is 177 Å². The highest BCUT2D eigenvalue weighted by atomic mass is 16.5. The molecule has 3 heterocycles. The van der Waals surface area contributed by atoms with Crippen molar-refractivity contribution in [2.45, 2.75) is 32.4 Å². The molecule has 4 rings (SSSR count). The maximum absolute atomic E-state index is 12.3. The predicted molar refractivity (Wildman–Crippen MR) is 116 cm³/mol. The molecule has 0 unspecified atom stereocenters. The number of para-hydroxylation sites is 2. The number of hydrogen-bond acceptors (Lipinski definition) is 7. The third kappa shape index (κ3) is 4.63. The summed E-state index contributed by atoms with van der Waals surface area (Å²) in [6.45, 7) is 6.35. The Bertz CT molecular complexity index is 900. The van der Waals surface area contributed by atoms with E-state index in [4.69, 9.17) is 9.15 Å². The molecular weight excluding hydrogens is 382 g/mol. The number of hydrogen-bond donors (Lipinski definition) is 1. The molecule has 0 spiro atoms. The molecule has 7 nitrogen and oxygen atoms in total. The van der Waals surface area contributed by atoms with E-state index >= 15 is 0 Å². The molecule has 2 saturated heterocycles. The van der Waals surface area contributed by atoms with E-state index in [1.54, 1.807) is 7.11 Å². The molecular formula is C23H31N3O4. The van der Waals surface area contributed by atoms with Crippen LogP contribution in [0.15, 0.2) is 39.7 Å². The van der Waals surface area contributed by atoms with Crippen LogP contribution in [-0.2, 0) is 13.1 Å². The predicted octanol–water partition coefficient (Wildman–Crippen LogP) is 2.66. The molecule has 0 atom stereocenters. The molecule has 1 aromatic heterocycles. The van der Waals surface area contributed by atoms with Gasteiger partial charge in [0.05, 0.1) is 18.4 Å². The molecule has 2 fully saturated rings. The molecule has 30 heavy (non-hydrogen) atoms. The van der Waals surface area contributed by atoms with Crippen LogP contribution in [0, 0.1) is 0 Å². The zero-order valence-corrected chi connectivity index (χ0v) is 17.7. The van der Waals surface area contributed by atoms with Crippen LogP contribution in [-0.4, -0.2) is 61.3 Å². The minimum atomic E-state index is -0.443. The number of rotatable bonds is 6. The van der Waals surface area contributed by atoms with Gasteiger partial charge in [-0.1, -0.05) is 18.6 Å². The highest BCUT2D eigenvalue weighted by molar-refractivity contribution is 5.58. The maximum atomic E-state index is 12.3. The van der Waals surface area contributed by atoms with Gasteiger partial charge >= 0.3 is 5.63 Å². The molecule has 1 N–H and O–H groups in total. The average Bonchev–Trinajstić information content (AvgIpc) is 2.80. The molecule has 0 aliphatic carbocycles. The lowest BCUT2D eigenvalue weighted by Gasteiger charge is -2.36. The summed E-state index contributed by atoms with van der Waals surface area (Å²) < 4.78 is 10.8. The van der Waals surface area contributed by atoms with E-state index in [0.717, 1.165) is 50.7 Å². The van der Waals surface area contributed by atoms with Gasteiger partial charge in [0.1, 0.15) is 17.8 Å². The lowest BCUT2D eigenvalue weighted by Crippen LogP contribution is -2.46. The standard InChI is InChI=1S/C23H31N3O4/c1-29-21-8-4-3-7-20(21)26-13-11-25(12-14-26)16-19-22(27)18(17-30-23(19)28)15-24-9-5-2-6-10-24/h3-4,7-8,17,27H,2,5-6,9-16H2,1H3. The molecule has 2 aliphatic heterocycles. The Kier molecular flexibility index (Phi) is 6.59. The number of piperidine rings is 1. The number of benzene rings is 1. The van der Waals surface area contributed by atoms with Gasteiger partial charge in [-0.2, -0.15) is 0 Å². The number of likely N-dealkylation sites (tertiary alicyclic amines) is 1. The van der Waals surface area contributed by atoms with Crippen LogP contribution >= 0.6 is 0 Å². The van der Waals surface area contributed by atoms with Crippen LogP contribution in [0.25, 0.3) is 0 Å². The van der Waals surface area contributed by atoms with Gasteiger partial charge in [-0.25, -0.2) is 4.79 Å². The summed E-state index contributed by atoms with van der Waals surface area (Å²) >= 11 is 0. The van der Waals surface area contributed by atoms with Gasteiger partial charge in [0.15, 0.2) is 0 Å². The first-order valence-corrected chi connectivity index (χ1v) is 10.8. The highest BCUT2D eigenvalue weighted by Gasteiger charge is 2.23. The number of methoxy groups -OCH3 is 1. The highest BCUT2D eigenvalue weighted by Crippen LogP contribution is 2.29. The topological polar surface area (TPSA) is 69.4 Å². The average molecular weight is 414 g/mol. The fraction of sp³-hybridized carbons (Fsp3) is 0.522. The van der Waals surface area contributed by atoms with E-state index in [9.17, 15) is 9.90 Å². The summed E-state index contributed by atoms with van der Waals surface area (Å²) in [7, 11) is 1.69. The van der Waals surface area contributed by atoms with Crippen LogP contribution in [0.1, 0.15) is 30.4 Å². The molecule has 2 aliphatic rings. The zero-order valence-electron chi connectivity index (χ0n) is 17.7. The van der Waals surface area contributed by atoms with Crippen molar-refractivity contribution < 1.29 is 14.3 Å². The Morgan fingerprint density at radius 2 is 1.67 bits per heavy atom. The van der Waals surface area contributed by atoms with Crippen molar-refractivity contribution in [1.82, 2.24) is 9.80 Å². The van der Waals surface area contributed by atoms with E-state index in [1.165, 1.54) is 25.5 Å². The van der Waals surface area contributed by atoms with Crippen molar-refractivity contribution in [3.05, 3.63) is 52.1 Å². The fourth-order valence-electron chi connectivity index (χ4n) is 4.41. The van der Waals surface area contributed by atoms with Crippen molar-refractivity contribution in [1.29, 1.82) is 0 Å². The van der Waals surface area contributed by atoms with E-state index in [-0.39, 0.29) is 5.75 Å². The van der Waals surface area contributed by atoms with Crippen LogP contribution in [0.4, 0.5) is 5.69 Å². The van der Waals surface area contributed by atoms with Crippen molar-refractivity contribution in [2.75, 3.05) is 51.3 Å². The summed E-state index contributed by atoms with van der Waals surface area (Å²) in [4.78, 5) is 19.1. The summed E-state index contributed by atoms with van der Waals surface area (Å²) in [6.07, 6.45) is 5.05. The first-order chi connectivity index (χ1) is 14.7. The monoisotopic (exact) mass is 413 g/mol. The molecule has 0 amide bonds. The van der Waals surface area contributed by atoms with E-state index in [1.807, 2.05) is 18.2 Å². The molecule has 7 heteroatoms. The Morgan fingerprint density at radius 3 is 2.40 bits per heavy atom. The van der Waals surface area contributed by atoms with Crippen molar-refractivity contribution >= 4 is 5.69 Å². The van der Waals surface area contributed by atoms with Crippen LogP contribution in [0.3, 0.4) is 0 Å². The smallest absolute Gasteiger partial charge is 0.343 e. The Balaban J connectivity index is 1.41. The summed E-state index contributed by atoms with van der Waals surface area (Å²) in [5.74, 6) is 0.971. The fourth-order valence-corrected chi connectivity index (χ4v) is 4.41. The van der Waals surface area contributed by atoms with Gasteiger partial charge in [0.25, 0.3) is 0 Å². The number of nitrogens with zero attached hydrogens (tertiary/aromatic N) is 3. The van der Waals surface area contributed by atoms with Crippen LogP contribution < -0.4 is 15.3 Å². The van der Waals surface area contributed by atoms with Gasteiger partial charge in [0.2, 0.25) is 0 Å². The molecule has 0 bridgehead atoms. The largest absolute Gasteiger partial charge is 0.507 e.